The van der Waals surface area contributed by atoms with E-state index in [1.807, 2.05) is 20.8 Å². The van der Waals surface area contributed by atoms with E-state index < -0.39 is 15.6 Å². The Morgan fingerprint density at radius 2 is 2.20 bits per heavy atom. The van der Waals surface area contributed by atoms with Gasteiger partial charge in [0.1, 0.15) is 0 Å². The van der Waals surface area contributed by atoms with Gasteiger partial charge in [-0.25, -0.2) is 13.1 Å². The van der Waals surface area contributed by atoms with Crippen molar-refractivity contribution in [2.24, 2.45) is 0 Å². The fourth-order valence-electron chi connectivity index (χ4n) is 1.49. The Bertz CT molecular complexity index is 395. The molecule has 0 aromatic carbocycles. The molecule has 0 fully saturated rings. The first-order valence-electron chi connectivity index (χ1n) is 4.91. The van der Waals surface area contributed by atoms with Gasteiger partial charge in [0, 0.05) is 5.54 Å². The molecule has 5 nitrogen and oxygen atoms in total. The zero-order chi connectivity index (χ0) is 11.5. The van der Waals surface area contributed by atoms with Crippen LogP contribution in [0.5, 0.6) is 0 Å². The summed E-state index contributed by atoms with van der Waals surface area (Å²) in [6.45, 7) is 5.75. The first kappa shape index (κ1) is 12.2. The van der Waals surface area contributed by atoms with Gasteiger partial charge in [-0.2, -0.15) is 5.10 Å². The number of H-pyrrole nitrogens is 1. The molecule has 0 radical (unpaired) electrons. The van der Waals surface area contributed by atoms with E-state index in [2.05, 4.69) is 14.9 Å². The summed E-state index contributed by atoms with van der Waals surface area (Å²) in [6, 6.07) is 1.43. The molecule has 2 N–H and O–H groups in total. The monoisotopic (exact) mass is 231 g/mol. The van der Waals surface area contributed by atoms with Gasteiger partial charge >= 0.3 is 0 Å². The third-order valence-corrected chi connectivity index (χ3v) is 3.68. The molecule has 1 aromatic rings. The van der Waals surface area contributed by atoms with E-state index in [9.17, 15) is 8.42 Å². The minimum absolute atomic E-state index is 0.103. The number of hydrogen-bond donors (Lipinski definition) is 2. The van der Waals surface area contributed by atoms with Crippen LogP contribution in [0.4, 0.5) is 0 Å². The fourth-order valence-corrected chi connectivity index (χ4v) is 2.84. The highest BCUT2D eigenvalue weighted by atomic mass is 32.2. The lowest BCUT2D eigenvalue weighted by molar-refractivity contribution is 0.417. The Morgan fingerprint density at radius 1 is 1.53 bits per heavy atom. The van der Waals surface area contributed by atoms with E-state index in [-0.39, 0.29) is 5.03 Å². The quantitative estimate of drug-likeness (QED) is 0.801. The lowest BCUT2D eigenvalue weighted by atomic mass is 10.0. The fraction of sp³-hybridized carbons (Fsp3) is 0.667. The normalized spacial score (nSPS) is 13.0. The number of aromatic amines is 1. The van der Waals surface area contributed by atoms with E-state index >= 15 is 0 Å². The molecule has 1 rings (SSSR count). The van der Waals surface area contributed by atoms with E-state index in [1.54, 1.807) is 0 Å². The van der Waals surface area contributed by atoms with Crippen molar-refractivity contribution in [3.63, 3.8) is 0 Å². The van der Waals surface area contributed by atoms with E-state index in [0.29, 0.717) is 0 Å². The van der Waals surface area contributed by atoms with Crippen LogP contribution in [0.3, 0.4) is 0 Å². The minimum atomic E-state index is -3.46. The van der Waals surface area contributed by atoms with Gasteiger partial charge in [0.25, 0.3) is 10.0 Å². The molecular formula is C9H17N3O2S. The Balaban J connectivity index is 2.82. The van der Waals surface area contributed by atoms with Gasteiger partial charge in [-0.05, 0) is 26.3 Å². The van der Waals surface area contributed by atoms with Crippen LogP contribution in [0.15, 0.2) is 17.3 Å². The Labute approximate surface area is 90.3 Å². The van der Waals surface area contributed by atoms with Crippen LogP contribution < -0.4 is 4.72 Å². The molecule has 1 aromatic heterocycles. The van der Waals surface area contributed by atoms with E-state index in [4.69, 9.17) is 0 Å². The molecule has 0 saturated heterocycles. The summed E-state index contributed by atoms with van der Waals surface area (Å²) in [5.41, 5.74) is -0.432. The molecular weight excluding hydrogens is 214 g/mol. The number of nitrogens with one attached hydrogen (secondary N) is 2. The van der Waals surface area contributed by atoms with Crippen molar-refractivity contribution >= 4 is 10.0 Å². The predicted octanol–water partition coefficient (Wildman–Crippen LogP) is 1.27. The van der Waals surface area contributed by atoms with Gasteiger partial charge < -0.3 is 0 Å². The zero-order valence-electron chi connectivity index (χ0n) is 9.24. The zero-order valence-corrected chi connectivity index (χ0v) is 10.1. The van der Waals surface area contributed by atoms with Gasteiger partial charge in [0.2, 0.25) is 0 Å². The maximum Gasteiger partial charge on any atom is 0.257 e. The predicted molar refractivity (Wildman–Crippen MR) is 57.9 cm³/mol. The lowest BCUT2D eigenvalue weighted by Crippen LogP contribution is -2.43. The molecule has 0 atom stereocenters. The first-order chi connectivity index (χ1) is 6.87. The van der Waals surface area contributed by atoms with Crippen molar-refractivity contribution in [3.05, 3.63) is 12.3 Å². The molecule has 1 heterocycles. The Kier molecular flexibility index (Phi) is 3.51. The summed E-state index contributed by atoms with van der Waals surface area (Å²) < 4.78 is 26.2. The summed E-state index contributed by atoms with van der Waals surface area (Å²) in [4.78, 5) is 0. The summed E-state index contributed by atoms with van der Waals surface area (Å²) in [6.07, 6.45) is 3.14. The van der Waals surface area contributed by atoms with Crippen LogP contribution in [0.1, 0.15) is 33.6 Å². The third kappa shape index (κ3) is 3.32. The molecule has 86 valence electrons. The van der Waals surface area contributed by atoms with Crippen LogP contribution in [-0.2, 0) is 10.0 Å². The molecule has 0 spiro atoms. The average Bonchev–Trinajstić information content (AvgIpc) is 2.52. The maximum absolute atomic E-state index is 11.8. The number of rotatable bonds is 5. The highest BCUT2D eigenvalue weighted by Crippen LogP contribution is 2.15. The Morgan fingerprint density at radius 3 is 2.67 bits per heavy atom. The number of sulfonamides is 1. The average molecular weight is 231 g/mol. The van der Waals surface area contributed by atoms with E-state index in [1.165, 1.54) is 12.3 Å². The lowest BCUT2D eigenvalue weighted by Gasteiger charge is -2.24. The number of nitrogens with zero attached hydrogens (tertiary/aromatic N) is 1. The second-order valence-corrected chi connectivity index (χ2v) is 5.81. The van der Waals surface area contributed by atoms with Crippen LogP contribution in [0.2, 0.25) is 0 Å². The van der Waals surface area contributed by atoms with Crippen molar-refractivity contribution < 1.29 is 8.42 Å². The van der Waals surface area contributed by atoms with Gasteiger partial charge in [-0.1, -0.05) is 13.3 Å². The second-order valence-electron chi connectivity index (χ2n) is 4.16. The number of aromatic nitrogens is 2. The largest absolute Gasteiger partial charge is 0.266 e. The minimum Gasteiger partial charge on any atom is -0.266 e. The summed E-state index contributed by atoms with van der Waals surface area (Å²) in [5.74, 6) is 0. The summed E-state index contributed by atoms with van der Waals surface area (Å²) in [7, 11) is -3.46. The molecule has 0 bridgehead atoms. The second kappa shape index (κ2) is 4.32. The van der Waals surface area contributed by atoms with Gasteiger partial charge in [0.05, 0.1) is 6.20 Å². The molecule has 0 saturated carbocycles. The molecule has 6 heteroatoms. The van der Waals surface area contributed by atoms with Crippen LogP contribution in [0.25, 0.3) is 0 Å². The highest BCUT2D eigenvalue weighted by Gasteiger charge is 2.25. The van der Waals surface area contributed by atoms with Gasteiger partial charge in [-0.3, -0.25) is 5.10 Å². The first-order valence-corrected chi connectivity index (χ1v) is 6.39. The Hall–Kier alpha value is -0.880. The van der Waals surface area contributed by atoms with Crippen LogP contribution in [-0.4, -0.2) is 24.2 Å². The molecule has 0 aliphatic rings. The molecule has 0 amide bonds. The van der Waals surface area contributed by atoms with Crippen molar-refractivity contribution in [2.75, 3.05) is 0 Å². The van der Waals surface area contributed by atoms with E-state index in [0.717, 1.165) is 12.8 Å². The molecule has 0 aliphatic carbocycles. The smallest absolute Gasteiger partial charge is 0.257 e. The number of hydrogen-bond acceptors (Lipinski definition) is 3. The summed E-state index contributed by atoms with van der Waals surface area (Å²) in [5, 5.41) is 6.17. The van der Waals surface area contributed by atoms with Crippen LogP contribution in [0, 0.1) is 0 Å². The van der Waals surface area contributed by atoms with Gasteiger partial charge in [-0.15, -0.1) is 0 Å². The molecule has 0 aliphatic heterocycles. The summed E-state index contributed by atoms with van der Waals surface area (Å²) >= 11 is 0. The maximum atomic E-state index is 11.8. The molecule has 15 heavy (non-hydrogen) atoms. The third-order valence-electron chi connectivity index (χ3n) is 2.05. The SMILES string of the molecule is CCCC(C)(C)NS(=O)(=O)c1ccn[nH]1. The van der Waals surface area contributed by atoms with Crippen molar-refractivity contribution in [3.8, 4) is 0 Å². The van der Waals surface area contributed by atoms with Crippen molar-refractivity contribution in [2.45, 2.75) is 44.2 Å². The van der Waals surface area contributed by atoms with Crippen molar-refractivity contribution in [1.82, 2.24) is 14.9 Å². The van der Waals surface area contributed by atoms with Gasteiger partial charge in [0.15, 0.2) is 5.03 Å². The van der Waals surface area contributed by atoms with Crippen LogP contribution >= 0.6 is 0 Å². The topological polar surface area (TPSA) is 74.8 Å². The molecule has 0 unspecified atom stereocenters. The standard InChI is InChI=1S/C9H17N3O2S/c1-4-6-9(2,3)12-15(13,14)8-5-7-10-11-8/h5,7,12H,4,6H2,1-3H3,(H,10,11). The highest BCUT2D eigenvalue weighted by molar-refractivity contribution is 7.89. The van der Waals surface area contributed by atoms with Crippen molar-refractivity contribution in [1.29, 1.82) is 0 Å².